The van der Waals surface area contributed by atoms with Crippen LogP contribution >= 0.6 is 0 Å². The fraction of sp³-hybridized carbons (Fsp3) is 0.538. The van der Waals surface area contributed by atoms with Crippen LogP contribution in [0, 0.1) is 6.92 Å². The number of pyridine rings is 1. The smallest absolute Gasteiger partial charge is 0.339 e. The predicted molar refractivity (Wildman–Crippen MR) is 69.6 cm³/mol. The van der Waals surface area contributed by atoms with Crippen molar-refractivity contribution in [1.82, 2.24) is 4.98 Å². The average molecular weight is 266 g/mol. The number of nitrogens with zero attached hydrogens (tertiary/aromatic N) is 2. The van der Waals surface area contributed by atoms with E-state index in [0.717, 1.165) is 5.69 Å². The van der Waals surface area contributed by atoms with Crippen molar-refractivity contribution in [3.63, 3.8) is 0 Å². The molecule has 6 nitrogen and oxygen atoms in total. The molecule has 1 aromatic rings. The predicted octanol–water partition coefficient (Wildman–Crippen LogP) is 0.674. The van der Waals surface area contributed by atoms with Crippen molar-refractivity contribution in [2.75, 3.05) is 24.6 Å². The van der Waals surface area contributed by atoms with Gasteiger partial charge >= 0.3 is 5.97 Å². The Morgan fingerprint density at radius 3 is 2.95 bits per heavy atom. The lowest BCUT2D eigenvalue weighted by Gasteiger charge is -2.38. The summed E-state index contributed by atoms with van der Waals surface area (Å²) in [7, 11) is 0. The zero-order valence-electron chi connectivity index (χ0n) is 11.0. The molecule has 2 unspecified atom stereocenters. The van der Waals surface area contributed by atoms with Gasteiger partial charge in [0, 0.05) is 25.0 Å². The molecule has 0 saturated carbocycles. The number of hydrogen-bond donors (Lipinski definition) is 2. The van der Waals surface area contributed by atoms with Gasteiger partial charge in [-0.15, -0.1) is 0 Å². The van der Waals surface area contributed by atoms with E-state index in [1.165, 1.54) is 6.20 Å². The minimum absolute atomic E-state index is 0.0546. The summed E-state index contributed by atoms with van der Waals surface area (Å²) in [5.41, 5.74) is 1.57. The van der Waals surface area contributed by atoms with E-state index in [9.17, 15) is 15.0 Å². The molecular weight excluding hydrogens is 248 g/mol. The Kier molecular flexibility index (Phi) is 4.01. The summed E-state index contributed by atoms with van der Waals surface area (Å²) in [6.45, 7) is 4.73. The van der Waals surface area contributed by atoms with Crippen LogP contribution in [0.5, 0.6) is 0 Å². The number of aliphatic hydroxyl groups is 1. The number of aromatic carboxylic acids is 1. The Bertz CT molecular complexity index is 478. The Hall–Kier alpha value is -1.66. The number of anilines is 1. The Balaban J connectivity index is 2.34. The first-order valence-corrected chi connectivity index (χ1v) is 6.22. The second-order valence-electron chi connectivity index (χ2n) is 4.80. The van der Waals surface area contributed by atoms with Crippen LogP contribution in [0.4, 0.5) is 5.69 Å². The lowest BCUT2D eigenvalue weighted by molar-refractivity contribution is -0.0421. The molecule has 1 fully saturated rings. The second kappa shape index (κ2) is 5.54. The maximum Gasteiger partial charge on any atom is 0.339 e. The van der Waals surface area contributed by atoms with Crippen LogP contribution < -0.4 is 4.90 Å². The lowest BCUT2D eigenvalue weighted by atomic mass is 10.1. The van der Waals surface area contributed by atoms with Crippen LogP contribution in [0.25, 0.3) is 0 Å². The zero-order valence-corrected chi connectivity index (χ0v) is 11.0. The van der Waals surface area contributed by atoms with Gasteiger partial charge in [-0.25, -0.2) is 4.79 Å². The van der Waals surface area contributed by atoms with Gasteiger partial charge in [0.1, 0.15) is 5.56 Å². The highest BCUT2D eigenvalue weighted by Crippen LogP contribution is 2.25. The average Bonchev–Trinajstić information content (AvgIpc) is 2.37. The SMILES string of the molecule is Cc1cc(N2CC(C)OC(CO)C2)c(C(=O)O)cn1. The molecule has 0 aliphatic carbocycles. The first-order valence-electron chi connectivity index (χ1n) is 6.22. The summed E-state index contributed by atoms with van der Waals surface area (Å²) in [6, 6.07) is 1.76. The van der Waals surface area contributed by atoms with Crippen LogP contribution in [0.1, 0.15) is 23.0 Å². The van der Waals surface area contributed by atoms with E-state index in [2.05, 4.69) is 4.98 Å². The lowest BCUT2D eigenvalue weighted by Crippen LogP contribution is -2.48. The van der Waals surface area contributed by atoms with Crippen molar-refractivity contribution in [3.8, 4) is 0 Å². The molecule has 0 amide bonds. The standard InChI is InChI=1S/C13H18N2O4/c1-8-3-12(11(4-14-8)13(17)18)15-5-9(2)19-10(6-15)7-16/h3-4,9-10,16H,5-7H2,1-2H3,(H,17,18). The third-order valence-electron chi connectivity index (χ3n) is 3.12. The van der Waals surface area contributed by atoms with E-state index < -0.39 is 5.97 Å². The minimum atomic E-state index is -0.998. The van der Waals surface area contributed by atoms with Crippen molar-refractivity contribution in [2.45, 2.75) is 26.1 Å². The normalized spacial score (nSPS) is 23.4. The fourth-order valence-corrected chi connectivity index (χ4v) is 2.31. The van der Waals surface area contributed by atoms with Gasteiger partial charge in [0.15, 0.2) is 0 Å². The van der Waals surface area contributed by atoms with Crippen molar-refractivity contribution in [3.05, 3.63) is 23.5 Å². The number of ether oxygens (including phenoxy) is 1. The third kappa shape index (κ3) is 3.02. The second-order valence-corrected chi connectivity index (χ2v) is 4.80. The third-order valence-corrected chi connectivity index (χ3v) is 3.12. The first-order chi connectivity index (χ1) is 9.01. The zero-order chi connectivity index (χ0) is 14.0. The number of carboxylic acids is 1. The minimum Gasteiger partial charge on any atom is -0.478 e. The summed E-state index contributed by atoms with van der Waals surface area (Å²) in [4.78, 5) is 17.2. The summed E-state index contributed by atoms with van der Waals surface area (Å²) < 4.78 is 5.56. The molecule has 1 aromatic heterocycles. The molecule has 6 heteroatoms. The molecule has 19 heavy (non-hydrogen) atoms. The van der Waals surface area contributed by atoms with E-state index in [4.69, 9.17) is 4.74 Å². The van der Waals surface area contributed by atoms with E-state index >= 15 is 0 Å². The number of rotatable bonds is 3. The maximum atomic E-state index is 11.3. The maximum absolute atomic E-state index is 11.3. The van der Waals surface area contributed by atoms with E-state index in [1.54, 1.807) is 6.07 Å². The molecule has 1 aliphatic heterocycles. The molecule has 0 radical (unpaired) electrons. The Morgan fingerprint density at radius 1 is 1.58 bits per heavy atom. The molecule has 2 rings (SSSR count). The van der Waals surface area contributed by atoms with E-state index in [0.29, 0.717) is 18.8 Å². The molecule has 1 saturated heterocycles. The van der Waals surface area contributed by atoms with Crippen molar-refractivity contribution < 1.29 is 19.7 Å². The van der Waals surface area contributed by atoms with Gasteiger partial charge in [-0.05, 0) is 19.9 Å². The van der Waals surface area contributed by atoms with E-state index in [-0.39, 0.29) is 24.4 Å². The summed E-state index contributed by atoms with van der Waals surface area (Å²) in [6.07, 6.45) is 1.03. The van der Waals surface area contributed by atoms with Crippen LogP contribution in [0.3, 0.4) is 0 Å². The highest BCUT2D eigenvalue weighted by Gasteiger charge is 2.27. The Labute approximate surface area is 111 Å². The van der Waals surface area contributed by atoms with Gasteiger partial charge in [-0.2, -0.15) is 0 Å². The van der Waals surface area contributed by atoms with Gasteiger partial charge in [-0.3, -0.25) is 4.98 Å². The molecule has 0 spiro atoms. The number of aryl methyl sites for hydroxylation is 1. The molecule has 0 bridgehead atoms. The summed E-state index contributed by atoms with van der Waals surface area (Å²) in [5, 5.41) is 18.5. The summed E-state index contributed by atoms with van der Waals surface area (Å²) >= 11 is 0. The van der Waals surface area contributed by atoms with Gasteiger partial charge in [0.25, 0.3) is 0 Å². The largest absolute Gasteiger partial charge is 0.478 e. The molecule has 2 N–H and O–H groups in total. The van der Waals surface area contributed by atoms with Crippen LogP contribution in [-0.4, -0.2) is 53.1 Å². The van der Waals surface area contributed by atoms with Gasteiger partial charge in [0.2, 0.25) is 0 Å². The van der Waals surface area contributed by atoms with Gasteiger partial charge in [-0.1, -0.05) is 0 Å². The fourth-order valence-electron chi connectivity index (χ4n) is 2.31. The van der Waals surface area contributed by atoms with Crippen LogP contribution in [0.15, 0.2) is 12.3 Å². The quantitative estimate of drug-likeness (QED) is 0.837. The molecule has 2 atom stereocenters. The van der Waals surface area contributed by atoms with Gasteiger partial charge in [0.05, 0.1) is 24.5 Å². The summed E-state index contributed by atoms with van der Waals surface area (Å²) in [5.74, 6) is -0.998. The number of carboxylic acid groups (broad SMARTS) is 1. The highest BCUT2D eigenvalue weighted by molar-refractivity contribution is 5.94. The monoisotopic (exact) mass is 266 g/mol. The number of carbonyl (C=O) groups is 1. The molecule has 0 aromatic carbocycles. The van der Waals surface area contributed by atoms with Crippen molar-refractivity contribution >= 4 is 11.7 Å². The number of aromatic nitrogens is 1. The molecular formula is C13H18N2O4. The van der Waals surface area contributed by atoms with Gasteiger partial charge < -0.3 is 19.8 Å². The number of hydrogen-bond acceptors (Lipinski definition) is 5. The van der Waals surface area contributed by atoms with Crippen LogP contribution in [-0.2, 0) is 4.74 Å². The van der Waals surface area contributed by atoms with E-state index in [1.807, 2.05) is 18.7 Å². The molecule has 1 aliphatic rings. The van der Waals surface area contributed by atoms with Crippen molar-refractivity contribution in [2.24, 2.45) is 0 Å². The highest BCUT2D eigenvalue weighted by atomic mass is 16.5. The van der Waals surface area contributed by atoms with Crippen LogP contribution in [0.2, 0.25) is 0 Å². The number of aliphatic hydroxyl groups excluding tert-OH is 1. The number of morpholine rings is 1. The topological polar surface area (TPSA) is 82.9 Å². The first kappa shape index (κ1) is 13.8. The Morgan fingerprint density at radius 2 is 2.32 bits per heavy atom. The molecule has 2 heterocycles. The molecule has 104 valence electrons. The van der Waals surface area contributed by atoms with Crippen molar-refractivity contribution in [1.29, 1.82) is 0 Å².